The summed E-state index contributed by atoms with van der Waals surface area (Å²) in [7, 11) is 0. The predicted octanol–water partition coefficient (Wildman–Crippen LogP) is 3.08. The van der Waals surface area contributed by atoms with Crippen molar-refractivity contribution in [2.24, 2.45) is 5.92 Å². The Balaban J connectivity index is 1.98. The van der Waals surface area contributed by atoms with Crippen LogP contribution in [0.1, 0.15) is 46.1 Å². The first-order valence-electron chi connectivity index (χ1n) is 8.95. The molecule has 0 saturated carbocycles. The molecule has 2 amide bonds. The van der Waals surface area contributed by atoms with Crippen molar-refractivity contribution in [1.82, 2.24) is 14.8 Å². The van der Waals surface area contributed by atoms with Crippen molar-refractivity contribution < 1.29 is 14.3 Å². The Bertz CT molecular complexity index is 583. The van der Waals surface area contributed by atoms with Crippen LogP contribution in [0.4, 0.5) is 4.79 Å². The minimum atomic E-state index is -0.523. The third-order valence-electron chi connectivity index (χ3n) is 4.24. The van der Waals surface area contributed by atoms with Gasteiger partial charge in [0.25, 0.3) is 0 Å². The lowest BCUT2D eigenvalue weighted by atomic mass is 9.96. The van der Waals surface area contributed by atoms with Crippen LogP contribution in [0.2, 0.25) is 0 Å². The highest BCUT2D eigenvalue weighted by Crippen LogP contribution is 2.22. The van der Waals surface area contributed by atoms with Crippen LogP contribution in [-0.2, 0) is 16.1 Å². The maximum Gasteiger partial charge on any atom is 0.410 e. The summed E-state index contributed by atoms with van der Waals surface area (Å²) >= 11 is 0. The first-order valence-corrected chi connectivity index (χ1v) is 8.95. The van der Waals surface area contributed by atoms with Crippen LogP contribution in [0, 0.1) is 5.92 Å². The molecule has 1 aromatic rings. The first kappa shape index (κ1) is 19.2. The largest absolute Gasteiger partial charge is 0.444 e. The lowest BCUT2D eigenvalue weighted by Gasteiger charge is -2.35. The SMILES string of the molecule is CCN(Cc1ccncc1)C(=O)[C@H]1CCCN(C(=O)OC(C)(C)C)C1. The summed E-state index contributed by atoms with van der Waals surface area (Å²) in [5.41, 5.74) is 0.537. The van der Waals surface area contributed by atoms with Crippen LogP contribution in [0.25, 0.3) is 0 Å². The number of carbonyl (C=O) groups is 2. The summed E-state index contributed by atoms with van der Waals surface area (Å²) in [6.45, 7) is 9.83. The Labute approximate surface area is 150 Å². The van der Waals surface area contributed by atoms with Crippen molar-refractivity contribution in [2.45, 2.75) is 52.7 Å². The quantitative estimate of drug-likeness (QED) is 0.840. The first-order chi connectivity index (χ1) is 11.8. The lowest BCUT2D eigenvalue weighted by Crippen LogP contribution is -2.47. The zero-order valence-electron chi connectivity index (χ0n) is 15.7. The van der Waals surface area contributed by atoms with Gasteiger partial charge in [-0.1, -0.05) is 0 Å². The number of pyridine rings is 1. The number of aromatic nitrogens is 1. The molecule has 6 nitrogen and oxygen atoms in total. The van der Waals surface area contributed by atoms with Gasteiger partial charge in [-0.25, -0.2) is 4.79 Å². The van der Waals surface area contributed by atoms with Crippen molar-refractivity contribution in [1.29, 1.82) is 0 Å². The molecule has 0 aliphatic carbocycles. The highest BCUT2D eigenvalue weighted by Gasteiger charge is 2.32. The summed E-state index contributed by atoms with van der Waals surface area (Å²) in [5, 5.41) is 0. The summed E-state index contributed by atoms with van der Waals surface area (Å²) in [6, 6.07) is 3.84. The molecule has 1 fully saturated rings. The fourth-order valence-electron chi connectivity index (χ4n) is 2.98. The number of amides is 2. The van der Waals surface area contributed by atoms with Gasteiger partial charge >= 0.3 is 6.09 Å². The van der Waals surface area contributed by atoms with Gasteiger partial charge in [0.15, 0.2) is 0 Å². The van der Waals surface area contributed by atoms with E-state index in [4.69, 9.17) is 4.74 Å². The average molecular weight is 347 g/mol. The van der Waals surface area contributed by atoms with Crippen molar-refractivity contribution >= 4 is 12.0 Å². The van der Waals surface area contributed by atoms with E-state index >= 15 is 0 Å². The molecular weight excluding hydrogens is 318 g/mol. The van der Waals surface area contributed by atoms with Crippen LogP contribution < -0.4 is 0 Å². The normalized spacial score (nSPS) is 17.9. The van der Waals surface area contributed by atoms with Gasteiger partial charge in [0.1, 0.15) is 5.60 Å². The van der Waals surface area contributed by atoms with E-state index in [1.54, 1.807) is 17.3 Å². The van der Waals surface area contributed by atoms with Crippen molar-refractivity contribution in [3.8, 4) is 0 Å². The number of hydrogen-bond donors (Lipinski definition) is 0. The Kier molecular flexibility index (Phi) is 6.39. The summed E-state index contributed by atoms with van der Waals surface area (Å²) < 4.78 is 5.44. The average Bonchev–Trinajstić information content (AvgIpc) is 2.58. The van der Waals surface area contributed by atoms with Gasteiger partial charge in [0, 0.05) is 38.6 Å². The van der Waals surface area contributed by atoms with Gasteiger partial charge in [-0.15, -0.1) is 0 Å². The molecule has 1 saturated heterocycles. The summed E-state index contributed by atoms with van der Waals surface area (Å²) in [6.07, 6.45) is 4.77. The molecule has 0 N–H and O–H groups in total. The van der Waals surface area contributed by atoms with E-state index in [1.165, 1.54) is 0 Å². The maximum absolute atomic E-state index is 12.9. The molecule has 0 unspecified atom stereocenters. The lowest BCUT2D eigenvalue weighted by molar-refractivity contribution is -0.137. The second kappa shape index (κ2) is 8.32. The van der Waals surface area contributed by atoms with Crippen molar-refractivity contribution in [3.05, 3.63) is 30.1 Å². The van der Waals surface area contributed by atoms with Gasteiger partial charge in [-0.2, -0.15) is 0 Å². The van der Waals surface area contributed by atoms with Gasteiger partial charge in [-0.3, -0.25) is 9.78 Å². The minimum Gasteiger partial charge on any atom is -0.444 e. The summed E-state index contributed by atoms with van der Waals surface area (Å²) in [4.78, 5) is 32.7. The van der Waals surface area contributed by atoms with Crippen molar-refractivity contribution in [2.75, 3.05) is 19.6 Å². The Morgan fingerprint density at radius 1 is 1.32 bits per heavy atom. The Hall–Kier alpha value is -2.11. The van der Waals surface area contributed by atoms with E-state index in [0.717, 1.165) is 18.4 Å². The standard InChI is InChI=1S/C19H29N3O3/c1-5-21(13-15-8-10-20-11-9-15)17(23)16-7-6-12-22(14-16)18(24)25-19(2,3)4/h8-11,16H,5-7,12-14H2,1-4H3/t16-/m0/s1. The minimum absolute atomic E-state index is 0.104. The van der Waals surface area contributed by atoms with E-state index in [-0.39, 0.29) is 17.9 Å². The molecule has 25 heavy (non-hydrogen) atoms. The number of ether oxygens (including phenoxy) is 1. The van der Waals surface area contributed by atoms with Crippen LogP contribution in [0.15, 0.2) is 24.5 Å². The second-order valence-electron chi connectivity index (χ2n) is 7.47. The topological polar surface area (TPSA) is 62.7 Å². The zero-order valence-corrected chi connectivity index (χ0v) is 15.7. The Morgan fingerprint density at radius 3 is 2.60 bits per heavy atom. The summed E-state index contributed by atoms with van der Waals surface area (Å²) in [5.74, 6) is -0.0596. The highest BCUT2D eigenvalue weighted by molar-refractivity contribution is 5.80. The number of hydrogen-bond acceptors (Lipinski definition) is 4. The number of rotatable bonds is 4. The molecular formula is C19H29N3O3. The fourth-order valence-corrected chi connectivity index (χ4v) is 2.98. The number of likely N-dealkylation sites (tertiary alicyclic amines) is 1. The van der Waals surface area contributed by atoms with E-state index in [2.05, 4.69) is 4.98 Å². The molecule has 0 spiro atoms. The van der Waals surface area contributed by atoms with Crippen LogP contribution in [-0.4, -0.2) is 52.0 Å². The molecule has 2 heterocycles. The van der Waals surface area contributed by atoms with Gasteiger partial charge < -0.3 is 14.5 Å². The van der Waals surface area contributed by atoms with Gasteiger partial charge in [0.2, 0.25) is 5.91 Å². The van der Waals surface area contributed by atoms with Gasteiger partial charge in [0.05, 0.1) is 5.92 Å². The second-order valence-corrected chi connectivity index (χ2v) is 7.47. The van der Waals surface area contributed by atoms with Crippen LogP contribution in [0.3, 0.4) is 0 Å². The highest BCUT2D eigenvalue weighted by atomic mass is 16.6. The van der Waals surface area contributed by atoms with Crippen LogP contribution in [0.5, 0.6) is 0 Å². The maximum atomic E-state index is 12.9. The van der Waals surface area contributed by atoms with Crippen LogP contribution >= 0.6 is 0 Å². The number of carbonyl (C=O) groups excluding carboxylic acids is 2. The molecule has 0 aromatic carbocycles. The molecule has 6 heteroatoms. The molecule has 2 rings (SSSR count). The number of nitrogens with zero attached hydrogens (tertiary/aromatic N) is 3. The molecule has 1 aliphatic rings. The molecule has 0 bridgehead atoms. The molecule has 138 valence electrons. The fraction of sp³-hybridized carbons (Fsp3) is 0.632. The molecule has 0 radical (unpaired) electrons. The van der Waals surface area contributed by atoms with E-state index < -0.39 is 5.60 Å². The van der Waals surface area contributed by atoms with E-state index in [1.807, 2.05) is 44.7 Å². The van der Waals surface area contributed by atoms with E-state index in [9.17, 15) is 9.59 Å². The van der Waals surface area contributed by atoms with Gasteiger partial charge in [-0.05, 0) is 58.2 Å². The third-order valence-corrected chi connectivity index (χ3v) is 4.24. The third kappa shape index (κ3) is 5.73. The molecule has 1 aliphatic heterocycles. The van der Waals surface area contributed by atoms with E-state index in [0.29, 0.717) is 26.2 Å². The number of piperidine rings is 1. The molecule has 1 atom stereocenters. The monoisotopic (exact) mass is 347 g/mol. The predicted molar refractivity (Wildman–Crippen MR) is 95.9 cm³/mol. The molecule has 1 aromatic heterocycles. The zero-order chi connectivity index (χ0) is 18.4. The van der Waals surface area contributed by atoms with Crippen molar-refractivity contribution in [3.63, 3.8) is 0 Å². The Morgan fingerprint density at radius 2 is 2.00 bits per heavy atom. The smallest absolute Gasteiger partial charge is 0.410 e.